The van der Waals surface area contributed by atoms with Crippen LogP contribution in [0.3, 0.4) is 0 Å². The van der Waals surface area contributed by atoms with Gasteiger partial charge < -0.3 is 15.2 Å². The van der Waals surface area contributed by atoms with Crippen molar-refractivity contribution < 1.29 is 13.2 Å². The van der Waals surface area contributed by atoms with Gasteiger partial charge in [0, 0.05) is 24.2 Å². The van der Waals surface area contributed by atoms with Crippen molar-refractivity contribution in [1.82, 2.24) is 20.3 Å². The highest BCUT2D eigenvalue weighted by Gasteiger charge is 2.43. The topological polar surface area (TPSA) is 56.8 Å². The number of nitrogens with zero attached hydrogens (tertiary/aromatic N) is 3. The Balaban J connectivity index is 1.21. The molecule has 1 aromatic carbocycles. The molecular weight excluding hydrogens is 439 g/mol. The van der Waals surface area contributed by atoms with E-state index in [9.17, 15) is 13.2 Å². The van der Waals surface area contributed by atoms with E-state index in [1.807, 2.05) is 35.4 Å². The number of aromatic amines is 1. The van der Waals surface area contributed by atoms with Crippen LogP contribution in [-0.2, 0) is 12.7 Å². The first-order chi connectivity index (χ1) is 15.4. The van der Waals surface area contributed by atoms with Gasteiger partial charge in [0.05, 0.1) is 18.4 Å². The Morgan fingerprint density at radius 1 is 1.09 bits per heavy atom. The molecule has 32 heavy (non-hydrogen) atoms. The minimum atomic E-state index is -4.43. The highest BCUT2D eigenvalue weighted by Crippen LogP contribution is 2.40. The highest BCUT2D eigenvalue weighted by atomic mass is 35.5. The van der Waals surface area contributed by atoms with Crippen LogP contribution in [0.1, 0.15) is 24.4 Å². The molecule has 1 aliphatic heterocycles. The molecule has 0 radical (unpaired) electrons. The average Bonchev–Trinajstić information content (AvgIpc) is 3.49. The molecule has 3 unspecified atom stereocenters. The zero-order valence-electron chi connectivity index (χ0n) is 17.2. The predicted octanol–water partition coefficient (Wildman–Crippen LogP) is 5.15. The Bertz CT molecular complexity index is 1080. The van der Waals surface area contributed by atoms with Gasteiger partial charge in [0.15, 0.2) is 0 Å². The molecule has 5 rings (SSSR count). The molecule has 2 aromatic heterocycles. The van der Waals surface area contributed by atoms with Crippen LogP contribution in [0.15, 0.2) is 48.7 Å². The Morgan fingerprint density at radius 3 is 2.69 bits per heavy atom. The van der Waals surface area contributed by atoms with Gasteiger partial charge in [0.2, 0.25) is 0 Å². The van der Waals surface area contributed by atoms with Crippen molar-refractivity contribution in [2.24, 2.45) is 11.8 Å². The lowest BCUT2D eigenvalue weighted by Gasteiger charge is -2.22. The number of anilines is 1. The largest absolute Gasteiger partial charge is 0.433 e. The predicted molar refractivity (Wildman–Crippen MR) is 117 cm³/mol. The summed E-state index contributed by atoms with van der Waals surface area (Å²) in [5.41, 5.74) is 1.12. The summed E-state index contributed by atoms with van der Waals surface area (Å²) in [5.74, 6) is 2.11. The fourth-order valence-electron chi connectivity index (χ4n) is 4.92. The minimum absolute atomic E-state index is 0.305. The third-order valence-electron chi connectivity index (χ3n) is 6.52. The summed E-state index contributed by atoms with van der Waals surface area (Å²) in [6.07, 6.45) is -0.492. The number of hydrogen-bond donors (Lipinski definition) is 2. The van der Waals surface area contributed by atoms with Gasteiger partial charge in [-0.1, -0.05) is 29.8 Å². The highest BCUT2D eigenvalue weighted by molar-refractivity contribution is 6.30. The Morgan fingerprint density at radius 2 is 1.91 bits per heavy atom. The maximum Gasteiger partial charge on any atom is 0.433 e. The quantitative estimate of drug-likeness (QED) is 0.552. The number of alkyl halides is 3. The van der Waals surface area contributed by atoms with Crippen LogP contribution in [0.5, 0.6) is 0 Å². The van der Waals surface area contributed by atoms with Gasteiger partial charge in [-0.05, 0) is 54.5 Å². The molecule has 1 saturated heterocycles. The number of nitrogens with one attached hydrogen (secondary N) is 2. The van der Waals surface area contributed by atoms with Crippen molar-refractivity contribution in [2.45, 2.75) is 31.6 Å². The smallest absolute Gasteiger partial charge is 0.356 e. The van der Waals surface area contributed by atoms with E-state index >= 15 is 0 Å². The van der Waals surface area contributed by atoms with Crippen LogP contribution in [0.25, 0.3) is 11.3 Å². The van der Waals surface area contributed by atoms with Gasteiger partial charge in [-0.15, -0.1) is 0 Å². The van der Waals surface area contributed by atoms with Crippen LogP contribution < -0.4 is 10.2 Å². The van der Waals surface area contributed by atoms with E-state index in [1.54, 1.807) is 6.07 Å². The van der Waals surface area contributed by atoms with Crippen LogP contribution in [0.4, 0.5) is 19.0 Å². The normalized spacial score (nSPS) is 23.0. The fourth-order valence-corrected chi connectivity index (χ4v) is 5.05. The van der Waals surface area contributed by atoms with Gasteiger partial charge in [0.1, 0.15) is 17.3 Å². The Labute approximate surface area is 189 Å². The number of imidazole rings is 1. The summed E-state index contributed by atoms with van der Waals surface area (Å²) in [4.78, 5) is 13.7. The first-order valence-corrected chi connectivity index (χ1v) is 11.1. The van der Waals surface area contributed by atoms with E-state index in [0.717, 1.165) is 42.5 Å². The summed E-state index contributed by atoms with van der Waals surface area (Å²) >= 11 is 5.95. The zero-order valence-corrected chi connectivity index (χ0v) is 18.0. The van der Waals surface area contributed by atoms with Crippen molar-refractivity contribution in [1.29, 1.82) is 0 Å². The van der Waals surface area contributed by atoms with Crippen molar-refractivity contribution in [3.8, 4) is 11.3 Å². The van der Waals surface area contributed by atoms with E-state index in [2.05, 4.69) is 20.3 Å². The van der Waals surface area contributed by atoms with Gasteiger partial charge in [-0.2, -0.15) is 13.2 Å². The summed E-state index contributed by atoms with van der Waals surface area (Å²) in [6, 6.07) is 12.0. The molecule has 9 heteroatoms. The second kappa shape index (κ2) is 8.41. The molecule has 3 atom stereocenters. The lowest BCUT2D eigenvalue weighted by Crippen LogP contribution is -2.35. The van der Waals surface area contributed by atoms with Crippen molar-refractivity contribution >= 4 is 17.4 Å². The maximum absolute atomic E-state index is 13.0. The molecule has 2 N–H and O–H groups in total. The molecule has 0 spiro atoms. The molecule has 5 nitrogen and oxygen atoms in total. The second-order valence-electron chi connectivity index (χ2n) is 8.52. The monoisotopic (exact) mass is 461 g/mol. The molecule has 3 aromatic rings. The number of fused-ring (bicyclic) bond motifs is 1. The number of rotatable bonds is 5. The Hall–Kier alpha value is -2.58. The molecule has 2 fully saturated rings. The van der Waals surface area contributed by atoms with Gasteiger partial charge in [-0.3, -0.25) is 0 Å². The second-order valence-corrected chi connectivity index (χ2v) is 8.96. The minimum Gasteiger partial charge on any atom is -0.356 e. The first-order valence-electron chi connectivity index (χ1n) is 10.7. The SMILES string of the molecule is FC(F)(F)c1cccc(N2CC3CCC(NCc4ncc(-c5ccc(Cl)cc5)[nH]4)C3C2)n1. The number of benzene rings is 1. The zero-order chi connectivity index (χ0) is 22.3. The van der Waals surface area contributed by atoms with Gasteiger partial charge in [-0.25, -0.2) is 9.97 Å². The van der Waals surface area contributed by atoms with Crippen LogP contribution in [-0.4, -0.2) is 34.1 Å². The number of halogens is 4. The van der Waals surface area contributed by atoms with E-state index in [0.29, 0.717) is 41.8 Å². The summed E-state index contributed by atoms with van der Waals surface area (Å²) in [6.45, 7) is 2.08. The summed E-state index contributed by atoms with van der Waals surface area (Å²) < 4.78 is 39.1. The van der Waals surface area contributed by atoms with Crippen molar-refractivity contribution in [2.75, 3.05) is 18.0 Å². The molecule has 168 valence electrons. The summed E-state index contributed by atoms with van der Waals surface area (Å²) in [7, 11) is 0. The molecule has 2 aliphatic rings. The van der Waals surface area contributed by atoms with Crippen LogP contribution in [0, 0.1) is 11.8 Å². The molecule has 1 aliphatic carbocycles. The third kappa shape index (κ3) is 4.34. The van der Waals surface area contributed by atoms with E-state index in [-0.39, 0.29) is 0 Å². The maximum atomic E-state index is 13.0. The van der Waals surface area contributed by atoms with Gasteiger partial charge >= 0.3 is 6.18 Å². The van der Waals surface area contributed by atoms with Crippen LogP contribution >= 0.6 is 11.6 Å². The number of hydrogen-bond acceptors (Lipinski definition) is 4. The fraction of sp³-hybridized carbons (Fsp3) is 0.391. The number of aromatic nitrogens is 3. The van der Waals surface area contributed by atoms with E-state index < -0.39 is 11.9 Å². The summed E-state index contributed by atoms with van der Waals surface area (Å²) in [5, 5.41) is 4.30. The first kappa shape index (κ1) is 21.3. The molecule has 0 amide bonds. The molecule has 3 heterocycles. The van der Waals surface area contributed by atoms with E-state index in [4.69, 9.17) is 11.6 Å². The Kier molecular flexibility index (Phi) is 5.59. The van der Waals surface area contributed by atoms with E-state index in [1.165, 1.54) is 6.07 Å². The number of pyridine rings is 1. The molecule has 0 bridgehead atoms. The van der Waals surface area contributed by atoms with Crippen LogP contribution in [0.2, 0.25) is 5.02 Å². The van der Waals surface area contributed by atoms with Gasteiger partial charge in [0.25, 0.3) is 0 Å². The molecule has 1 saturated carbocycles. The standard InChI is InChI=1S/C23H23ClF3N5/c24-16-7-4-14(5-8-16)19-10-29-21(30-19)11-28-18-9-6-15-12-32(13-17(15)18)22-3-1-2-20(31-22)23(25,26)27/h1-5,7-8,10,15,17-18,28H,6,9,11-13H2,(H,29,30). The third-order valence-corrected chi connectivity index (χ3v) is 6.77. The average molecular weight is 462 g/mol. The lowest BCUT2D eigenvalue weighted by molar-refractivity contribution is -0.141. The lowest BCUT2D eigenvalue weighted by atomic mass is 9.98. The van der Waals surface area contributed by atoms with Crippen molar-refractivity contribution in [3.05, 3.63) is 65.2 Å². The molecular formula is C23H23ClF3N5. The number of H-pyrrole nitrogens is 1. The van der Waals surface area contributed by atoms with Crippen molar-refractivity contribution in [3.63, 3.8) is 0 Å².